The highest BCUT2D eigenvalue weighted by molar-refractivity contribution is 7.09. The third-order valence-corrected chi connectivity index (χ3v) is 4.47. The van der Waals surface area contributed by atoms with Crippen molar-refractivity contribution in [3.05, 3.63) is 52.1 Å². The highest BCUT2D eigenvalue weighted by Crippen LogP contribution is 2.17. The molecule has 2 aromatic heterocycles. The second kappa shape index (κ2) is 7.39. The number of nitrogens with one attached hydrogen (secondary N) is 2. The number of hydrogen-bond donors (Lipinski definition) is 2. The number of H-pyrrole nitrogens is 1. The summed E-state index contributed by atoms with van der Waals surface area (Å²) in [6.45, 7) is 1.11. The first-order valence-corrected chi connectivity index (χ1v) is 8.38. The number of aromatic nitrogens is 2. The number of carbonyl (C=O) groups is 1. The number of aromatic amines is 1. The molecule has 0 saturated heterocycles. The van der Waals surface area contributed by atoms with Gasteiger partial charge in [0, 0.05) is 36.1 Å². The quantitative estimate of drug-likeness (QED) is 0.700. The molecule has 2 heterocycles. The lowest BCUT2D eigenvalue weighted by Crippen LogP contribution is -2.27. The molecule has 0 aliphatic carbocycles. The van der Waals surface area contributed by atoms with E-state index >= 15 is 0 Å². The molecule has 5 nitrogen and oxygen atoms in total. The van der Waals surface area contributed by atoms with Crippen molar-refractivity contribution in [3.63, 3.8) is 0 Å². The van der Waals surface area contributed by atoms with Gasteiger partial charge in [-0.1, -0.05) is 18.2 Å². The number of fused-ring (bicyclic) bond motifs is 1. The highest BCUT2D eigenvalue weighted by atomic mass is 32.1. The zero-order valence-electron chi connectivity index (χ0n) is 13.0. The maximum atomic E-state index is 12.0. The number of hydrogen-bond acceptors (Lipinski definition) is 4. The molecule has 1 amide bonds. The van der Waals surface area contributed by atoms with E-state index in [4.69, 9.17) is 4.74 Å². The minimum absolute atomic E-state index is 0.000826. The molecule has 0 fully saturated rings. The smallest absolute Gasteiger partial charge is 0.226 e. The third kappa shape index (κ3) is 3.97. The van der Waals surface area contributed by atoms with Crippen LogP contribution in [0.1, 0.15) is 16.3 Å². The van der Waals surface area contributed by atoms with Crippen LogP contribution >= 0.6 is 11.3 Å². The Bertz CT molecular complexity index is 794. The summed E-state index contributed by atoms with van der Waals surface area (Å²) >= 11 is 1.52. The minimum Gasteiger partial charge on any atom is -0.378 e. The summed E-state index contributed by atoms with van der Waals surface area (Å²) in [5, 5.41) is 6.98. The highest BCUT2D eigenvalue weighted by Gasteiger charge is 2.08. The Morgan fingerprint density at radius 2 is 2.26 bits per heavy atom. The van der Waals surface area contributed by atoms with E-state index in [1.807, 2.05) is 23.7 Å². The standard InChI is InChI=1S/C17H19N3O2S/c1-22-10-17-20-13(11-23-17)8-16(21)18-7-6-12-9-19-15-5-3-2-4-14(12)15/h2-5,9,11,19H,6-8,10H2,1H3,(H,18,21). The van der Waals surface area contributed by atoms with Crippen molar-refractivity contribution in [2.24, 2.45) is 0 Å². The van der Waals surface area contributed by atoms with Crippen molar-refractivity contribution in [2.45, 2.75) is 19.4 Å². The molecule has 0 bridgehead atoms. The monoisotopic (exact) mass is 329 g/mol. The second-order valence-corrected chi connectivity index (χ2v) is 6.24. The van der Waals surface area contributed by atoms with Gasteiger partial charge in [0.25, 0.3) is 0 Å². The summed E-state index contributed by atoms with van der Waals surface area (Å²) in [5.74, 6) is -0.000826. The summed E-state index contributed by atoms with van der Waals surface area (Å²) < 4.78 is 5.03. The molecule has 0 spiro atoms. The van der Waals surface area contributed by atoms with Gasteiger partial charge >= 0.3 is 0 Å². The lowest BCUT2D eigenvalue weighted by Gasteiger charge is -2.03. The third-order valence-electron chi connectivity index (χ3n) is 3.60. The molecule has 1 aromatic carbocycles. The summed E-state index contributed by atoms with van der Waals surface area (Å²) in [5.41, 5.74) is 3.14. The average Bonchev–Trinajstić information content (AvgIpc) is 3.15. The normalized spacial score (nSPS) is 11.0. The number of para-hydroxylation sites is 1. The van der Waals surface area contributed by atoms with Crippen molar-refractivity contribution in [1.82, 2.24) is 15.3 Å². The molecule has 0 aliphatic heterocycles. The fourth-order valence-corrected chi connectivity index (χ4v) is 3.29. The number of thiazole rings is 1. The van der Waals surface area contributed by atoms with E-state index in [1.54, 1.807) is 7.11 Å². The molecule has 0 saturated carbocycles. The number of nitrogens with zero attached hydrogens (tertiary/aromatic N) is 1. The number of methoxy groups -OCH3 is 1. The molecule has 23 heavy (non-hydrogen) atoms. The van der Waals surface area contributed by atoms with E-state index in [9.17, 15) is 4.79 Å². The molecular weight excluding hydrogens is 310 g/mol. The van der Waals surface area contributed by atoms with E-state index in [0.29, 0.717) is 19.6 Å². The van der Waals surface area contributed by atoms with Crippen molar-refractivity contribution < 1.29 is 9.53 Å². The lowest BCUT2D eigenvalue weighted by atomic mass is 10.1. The van der Waals surface area contributed by atoms with E-state index in [1.165, 1.54) is 22.3 Å². The van der Waals surface area contributed by atoms with Crippen molar-refractivity contribution >= 4 is 28.1 Å². The van der Waals surface area contributed by atoms with Gasteiger partial charge in [0.1, 0.15) is 5.01 Å². The Balaban J connectivity index is 1.49. The van der Waals surface area contributed by atoms with Gasteiger partial charge in [0.2, 0.25) is 5.91 Å². The topological polar surface area (TPSA) is 67.0 Å². The van der Waals surface area contributed by atoms with Crippen LogP contribution in [0, 0.1) is 0 Å². The van der Waals surface area contributed by atoms with Crippen LogP contribution in [0.5, 0.6) is 0 Å². The van der Waals surface area contributed by atoms with Crippen molar-refractivity contribution in [2.75, 3.05) is 13.7 Å². The molecule has 6 heteroatoms. The molecule has 3 rings (SSSR count). The molecule has 0 radical (unpaired) electrons. The van der Waals surface area contributed by atoms with Crippen LogP contribution < -0.4 is 5.32 Å². The maximum absolute atomic E-state index is 12.0. The Kier molecular flexibility index (Phi) is 5.05. The van der Waals surface area contributed by atoms with Gasteiger partial charge in [-0.25, -0.2) is 4.98 Å². The zero-order valence-corrected chi connectivity index (χ0v) is 13.8. The number of amides is 1. The molecule has 0 aliphatic rings. The van der Waals surface area contributed by atoms with Gasteiger partial charge in [0.15, 0.2) is 0 Å². The fourth-order valence-electron chi connectivity index (χ4n) is 2.52. The van der Waals surface area contributed by atoms with Crippen LogP contribution in [0.2, 0.25) is 0 Å². The van der Waals surface area contributed by atoms with Crippen LogP contribution in [0.4, 0.5) is 0 Å². The number of rotatable bonds is 7. The van der Waals surface area contributed by atoms with Crippen LogP contribution in [0.15, 0.2) is 35.8 Å². The Hall–Kier alpha value is -2.18. The molecule has 0 unspecified atom stereocenters. The summed E-state index contributed by atoms with van der Waals surface area (Å²) in [6, 6.07) is 8.18. The minimum atomic E-state index is -0.000826. The van der Waals surface area contributed by atoms with E-state index in [-0.39, 0.29) is 5.91 Å². The summed E-state index contributed by atoms with van der Waals surface area (Å²) in [4.78, 5) is 19.6. The second-order valence-electron chi connectivity index (χ2n) is 5.30. The first-order chi connectivity index (χ1) is 11.3. The van der Waals surface area contributed by atoms with E-state index < -0.39 is 0 Å². The van der Waals surface area contributed by atoms with E-state index in [2.05, 4.69) is 27.4 Å². The van der Waals surface area contributed by atoms with Crippen molar-refractivity contribution in [1.29, 1.82) is 0 Å². The Morgan fingerprint density at radius 1 is 1.39 bits per heavy atom. The van der Waals surface area contributed by atoms with Gasteiger partial charge in [-0.2, -0.15) is 0 Å². The lowest BCUT2D eigenvalue weighted by molar-refractivity contribution is -0.120. The van der Waals surface area contributed by atoms with Crippen LogP contribution in [0.3, 0.4) is 0 Å². The van der Waals surface area contributed by atoms with Gasteiger partial charge in [-0.15, -0.1) is 11.3 Å². The zero-order chi connectivity index (χ0) is 16.1. The maximum Gasteiger partial charge on any atom is 0.226 e. The van der Waals surface area contributed by atoms with Gasteiger partial charge in [-0.3, -0.25) is 4.79 Å². The molecule has 2 N–H and O–H groups in total. The van der Waals surface area contributed by atoms with Crippen LogP contribution in [0.25, 0.3) is 10.9 Å². The Morgan fingerprint density at radius 3 is 3.13 bits per heavy atom. The first kappa shape index (κ1) is 15.7. The van der Waals surface area contributed by atoms with Gasteiger partial charge in [0.05, 0.1) is 18.7 Å². The molecule has 120 valence electrons. The molecular formula is C17H19N3O2S. The van der Waals surface area contributed by atoms with Crippen LogP contribution in [-0.2, 0) is 29.0 Å². The SMILES string of the molecule is COCc1nc(CC(=O)NCCc2c[nH]c3ccccc23)cs1. The Labute approximate surface area is 138 Å². The first-order valence-electron chi connectivity index (χ1n) is 7.50. The predicted octanol–water partition coefficient (Wildman–Crippen LogP) is 2.67. The number of benzene rings is 1. The van der Waals surface area contributed by atoms with E-state index in [0.717, 1.165) is 22.6 Å². The summed E-state index contributed by atoms with van der Waals surface area (Å²) in [6.07, 6.45) is 3.13. The molecule has 3 aromatic rings. The fraction of sp³-hybridized carbons (Fsp3) is 0.294. The van der Waals surface area contributed by atoms with Crippen molar-refractivity contribution in [3.8, 4) is 0 Å². The average molecular weight is 329 g/mol. The van der Waals surface area contributed by atoms with Gasteiger partial charge < -0.3 is 15.0 Å². The van der Waals surface area contributed by atoms with Gasteiger partial charge in [-0.05, 0) is 18.1 Å². The predicted molar refractivity (Wildman–Crippen MR) is 91.5 cm³/mol. The number of carbonyl (C=O) groups excluding carboxylic acids is 1. The largest absolute Gasteiger partial charge is 0.378 e. The van der Waals surface area contributed by atoms with Crippen LogP contribution in [-0.4, -0.2) is 29.5 Å². The summed E-state index contributed by atoms with van der Waals surface area (Å²) in [7, 11) is 1.64. The molecule has 0 atom stereocenters. The number of ether oxygens (including phenoxy) is 1.